The van der Waals surface area contributed by atoms with Crippen LogP contribution in [0, 0.1) is 43.9 Å². The fourth-order valence-corrected chi connectivity index (χ4v) is 6.40. The summed E-state index contributed by atoms with van der Waals surface area (Å²) in [6, 6.07) is 7.43. The summed E-state index contributed by atoms with van der Waals surface area (Å²) in [5.74, 6) is 2.64. The van der Waals surface area contributed by atoms with Crippen molar-refractivity contribution in [1.82, 2.24) is 0 Å². The maximum atomic E-state index is 10.9. The lowest BCUT2D eigenvalue weighted by Gasteiger charge is -2.61. The highest BCUT2D eigenvalue weighted by Gasteiger charge is 2.57. The molecule has 4 fully saturated rings. The molecule has 5 rings (SSSR count). The van der Waals surface area contributed by atoms with Crippen LogP contribution in [0.4, 0.5) is 0 Å². The molecule has 1 atom stereocenters. The van der Waals surface area contributed by atoms with Gasteiger partial charge in [-0.25, -0.2) is 0 Å². The summed E-state index contributed by atoms with van der Waals surface area (Å²) >= 11 is 0. The van der Waals surface area contributed by atoms with Crippen LogP contribution in [0.15, 0.2) is 24.3 Å². The lowest BCUT2D eigenvalue weighted by atomic mass is 9.44. The molecule has 1 aromatic carbocycles. The highest BCUT2D eigenvalue weighted by atomic mass is 17.0. The van der Waals surface area contributed by atoms with Gasteiger partial charge in [-0.15, -0.1) is 20.2 Å². The molecule has 0 saturated heterocycles. The number of nitrogens with zero attached hydrogens (tertiary/aromatic N) is 2. The SMILES string of the molecule is NCC1(c2cccc(C(CO[N+](=O)[O-])O[N+](=O)[O-])c2)C2CC3CC(C2)CC1C3. The van der Waals surface area contributed by atoms with Gasteiger partial charge >= 0.3 is 0 Å². The maximum absolute atomic E-state index is 10.9. The largest absolute Gasteiger partial charge is 0.330 e. The summed E-state index contributed by atoms with van der Waals surface area (Å²) in [5.41, 5.74) is 7.81. The molecule has 0 radical (unpaired) electrons. The Morgan fingerprint density at radius 1 is 1.07 bits per heavy atom. The molecule has 0 spiro atoms. The second-order valence-electron chi connectivity index (χ2n) is 8.51. The third-order valence-electron chi connectivity index (χ3n) is 7.27. The van der Waals surface area contributed by atoms with Crippen LogP contribution in [-0.2, 0) is 15.1 Å². The van der Waals surface area contributed by atoms with E-state index >= 15 is 0 Å². The predicted octanol–water partition coefficient (Wildman–Crippen LogP) is 2.80. The van der Waals surface area contributed by atoms with Crippen molar-refractivity contribution >= 4 is 0 Å². The number of hydrogen-bond acceptors (Lipinski definition) is 7. The van der Waals surface area contributed by atoms with E-state index in [0.717, 1.165) is 17.4 Å². The van der Waals surface area contributed by atoms with E-state index in [9.17, 15) is 20.2 Å². The Kier molecular flexibility index (Phi) is 4.86. The van der Waals surface area contributed by atoms with Gasteiger partial charge in [0.25, 0.3) is 10.2 Å². The average molecular weight is 391 g/mol. The molecule has 4 bridgehead atoms. The van der Waals surface area contributed by atoms with E-state index in [-0.39, 0.29) is 5.41 Å². The average Bonchev–Trinajstić information content (AvgIpc) is 2.65. The number of benzene rings is 1. The molecule has 0 amide bonds. The van der Waals surface area contributed by atoms with Gasteiger partial charge in [0, 0.05) is 12.0 Å². The van der Waals surface area contributed by atoms with E-state index in [1.165, 1.54) is 32.1 Å². The normalized spacial score (nSPS) is 34.0. The third kappa shape index (κ3) is 3.17. The molecule has 9 heteroatoms. The minimum atomic E-state index is -1.16. The lowest BCUT2D eigenvalue weighted by molar-refractivity contribution is -0.792. The van der Waals surface area contributed by atoms with Crippen molar-refractivity contribution in [3.63, 3.8) is 0 Å². The Labute approximate surface area is 162 Å². The zero-order chi connectivity index (χ0) is 19.9. The van der Waals surface area contributed by atoms with E-state index in [1.807, 2.05) is 18.2 Å². The second-order valence-corrected chi connectivity index (χ2v) is 8.51. The van der Waals surface area contributed by atoms with Gasteiger partial charge in [0.15, 0.2) is 6.10 Å². The summed E-state index contributed by atoms with van der Waals surface area (Å²) in [4.78, 5) is 30.4. The van der Waals surface area contributed by atoms with Crippen LogP contribution in [0.5, 0.6) is 0 Å². The molecule has 4 saturated carbocycles. The molecule has 0 aromatic heterocycles. The van der Waals surface area contributed by atoms with Crippen molar-refractivity contribution in [3.8, 4) is 0 Å². The van der Waals surface area contributed by atoms with Crippen LogP contribution in [-0.4, -0.2) is 23.3 Å². The molecule has 0 heterocycles. The molecule has 152 valence electrons. The van der Waals surface area contributed by atoms with Gasteiger partial charge < -0.3 is 15.4 Å². The minimum Gasteiger partial charge on any atom is -0.330 e. The van der Waals surface area contributed by atoms with Gasteiger partial charge in [-0.3, -0.25) is 0 Å². The van der Waals surface area contributed by atoms with Gasteiger partial charge in [-0.05, 0) is 66.9 Å². The van der Waals surface area contributed by atoms with Crippen molar-refractivity contribution in [1.29, 1.82) is 0 Å². The Hall–Kier alpha value is -2.42. The van der Waals surface area contributed by atoms with Crippen molar-refractivity contribution in [2.75, 3.05) is 13.2 Å². The van der Waals surface area contributed by atoms with E-state index in [2.05, 4.69) is 9.68 Å². The lowest BCUT2D eigenvalue weighted by Crippen LogP contribution is -2.58. The Morgan fingerprint density at radius 3 is 2.25 bits per heavy atom. The van der Waals surface area contributed by atoms with Crippen LogP contribution in [0.25, 0.3) is 0 Å². The highest BCUT2D eigenvalue weighted by molar-refractivity contribution is 5.36. The molecule has 4 aliphatic carbocycles. The summed E-state index contributed by atoms with van der Waals surface area (Å²) in [6.45, 7) is 0.00144. The summed E-state index contributed by atoms with van der Waals surface area (Å²) in [6.07, 6.45) is 4.93. The second kappa shape index (κ2) is 7.20. The van der Waals surface area contributed by atoms with Gasteiger partial charge in [0.1, 0.15) is 6.61 Å². The van der Waals surface area contributed by atoms with E-state index in [0.29, 0.717) is 23.9 Å². The highest BCUT2D eigenvalue weighted by Crippen LogP contribution is 2.62. The molecular weight excluding hydrogens is 366 g/mol. The summed E-state index contributed by atoms with van der Waals surface area (Å²) in [5, 5.41) is 19.5. The Bertz CT molecular complexity index is 742. The number of rotatable bonds is 8. The van der Waals surface area contributed by atoms with Gasteiger partial charge in [-0.1, -0.05) is 24.3 Å². The first-order chi connectivity index (χ1) is 13.4. The maximum Gasteiger partial charge on any atom is 0.295 e. The van der Waals surface area contributed by atoms with Crippen LogP contribution < -0.4 is 5.73 Å². The van der Waals surface area contributed by atoms with Gasteiger partial charge in [0.05, 0.1) is 0 Å². The van der Waals surface area contributed by atoms with Crippen LogP contribution in [0.2, 0.25) is 0 Å². The van der Waals surface area contributed by atoms with Crippen molar-refractivity contribution in [2.24, 2.45) is 29.4 Å². The topological polar surface area (TPSA) is 131 Å². The molecule has 1 aromatic rings. The predicted molar refractivity (Wildman–Crippen MR) is 98.0 cm³/mol. The fourth-order valence-electron chi connectivity index (χ4n) is 6.40. The van der Waals surface area contributed by atoms with E-state index in [1.54, 1.807) is 6.07 Å². The van der Waals surface area contributed by atoms with Crippen LogP contribution in [0.1, 0.15) is 49.3 Å². The zero-order valence-corrected chi connectivity index (χ0v) is 15.6. The molecule has 9 nitrogen and oxygen atoms in total. The van der Waals surface area contributed by atoms with Crippen molar-refractivity contribution in [2.45, 2.75) is 43.6 Å². The zero-order valence-electron chi connectivity index (χ0n) is 15.6. The first kappa shape index (κ1) is 18.9. The van der Waals surface area contributed by atoms with E-state index in [4.69, 9.17) is 5.73 Å². The first-order valence-electron chi connectivity index (χ1n) is 9.81. The molecule has 0 aliphatic heterocycles. The number of hydrogen-bond donors (Lipinski definition) is 1. The molecule has 4 aliphatic rings. The Morgan fingerprint density at radius 2 is 1.71 bits per heavy atom. The Balaban J connectivity index is 1.66. The standard InChI is InChI=1S/C19H25N3O6/c20-11-19(16-5-12-4-13(7-16)8-17(19)6-12)15-3-1-2-14(9-15)18(28-22(25)26)10-27-21(23)24/h1-3,9,12-13,16-18H,4-8,10-11,20H2. The van der Waals surface area contributed by atoms with Crippen molar-refractivity contribution in [3.05, 3.63) is 55.6 Å². The van der Waals surface area contributed by atoms with Crippen molar-refractivity contribution < 1.29 is 19.8 Å². The molecule has 28 heavy (non-hydrogen) atoms. The van der Waals surface area contributed by atoms with Crippen LogP contribution in [0.3, 0.4) is 0 Å². The van der Waals surface area contributed by atoms with Gasteiger partial charge in [-0.2, -0.15) is 0 Å². The quantitative estimate of drug-likeness (QED) is 0.532. The summed E-state index contributed by atoms with van der Waals surface area (Å²) < 4.78 is 0. The smallest absolute Gasteiger partial charge is 0.295 e. The minimum absolute atomic E-state index is 0.132. The number of nitrogens with two attached hydrogens (primary N) is 1. The van der Waals surface area contributed by atoms with Gasteiger partial charge in [0.2, 0.25) is 0 Å². The molecular formula is C19H25N3O6. The molecule has 2 N–H and O–H groups in total. The summed E-state index contributed by atoms with van der Waals surface area (Å²) in [7, 11) is 0. The monoisotopic (exact) mass is 391 g/mol. The van der Waals surface area contributed by atoms with E-state index < -0.39 is 22.9 Å². The molecule has 1 unspecified atom stereocenters. The fraction of sp³-hybridized carbons (Fsp3) is 0.684. The van der Waals surface area contributed by atoms with Crippen LogP contribution >= 0.6 is 0 Å². The first-order valence-corrected chi connectivity index (χ1v) is 9.81. The third-order valence-corrected chi connectivity index (χ3v) is 7.27.